The molecule has 1 amide bonds. The molecule has 1 aliphatic heterocycles. The number of carbonyl (C=O) groups excluding carboxylic acids is 1. The van der Waals surface area contributed by atoms with Gasteiger partial charge in [0.05, 0.1) is 23.3 Å². The van der Waals surface area contributed by atoms with E-state index in [0.29, 0.717) is 11.6 Å². The summed E-state index contributed by atoms with van der Waals surface area (Å²) in [5.41, 5.74) is 4.25. The van der Waals surface area contributed by atoms with Crippen molar-refractivity contribution in [3.8, 4) is 11.3 Å². The van der Waals surface area contributed by atoms with E-state index in [1.165, 1.54) is 0 Å². The Morgan fingerprint density at radius 3 is 2.89 bits per heavy atom. The van der Waals surface area contributed by atoms with Crippen LogP contribution < -0.4 is 0 Å². The molecule has 1 fully saturated rings. The fourth-order valence-corrected chi connectivity index (χ4v) is 3.75. The first-order valence-electron chi connectivity index (χ1n) is 9.17. The fraction of sp³-hybridized carbons (Fsp3) is 0.400. The topological polar surface area (TPSA) is 77.0 Å². The molecule has 1 atom stereocenters. The van der Waals surface area contributed by atoms with Crippen molar-refractivity contribution in [2.24, 2.45) is 13.0 Å². The van der Waals surface area contributed by atoms with Gasteiger partial charge >= 0.3 is 0 Å². The molecule has 4 rings (SSSR count). The first-order chi connectivity index (χ1) is 13.0. The van der Waals surface area contributed by atoms with Gasteiger partial charge in [-0.05, 0) is 44.7 Å². The van der Waals surface area contributed by atoms with Crippen LogP contribution in [0.1, 0.15) is 34.1 Å². The van der Waals surface area contributed by atoms with Crippen LogP contribution in [0.4, 0.5) is 0 Å². The van der Waals surface area contributed by atoms with Crippen LogP contribution in [0.15, 0.2) is 35.2 Å². The van der Waals surface area contributed by atoms with Crippen molar-refractivity contribution in [3.63, 3.8) is 0 Å². The van der Waals surface area contributed by atoms with Crippen LogP contribution in [0.5, 0.6) is 0 Å². The minimum Gasteiger partial charge on any atom is -0.361 e. The van der Waals surface area contributed by atoms with Gasteiger partial charge in [0.25, 0.3) is 5.91 Å². The van der Waals surface area contributed by atoms with Gasteiger partial charge in [0.1, 0.15) is 11.5 Å². The van der Waals surface area contributed by atoms with Gasteiger partial charge in [-0.1, -0.05) is 11.2 Å². The van der Waals surface area contributed by atoms with E-state index in [-0.39, 0.29) is 5.91 Å². The zero-order chi connectivity index (χ0) is 19.0. The molecule has 7 nitrogen and oxygen atoms in total. The third-order valence-electron chi connectivity index (χ3n) is 5.09. The van der Waals surface area contributed by atoms with E-state index in [0.717, 1.165) is 54.3 Å². The Bertz CT molecular complexity index is 955. The molecule has 140 valence electrons. The summed E-state index contributed by atoms with van der Waals surface area (Å²) < 4.78 is 7.06. The highest BCUT2D eigenvalue weighted by molar-refractivity contribution is 5.92. The molecule has 0 unspecified atom stereocenters. The van der Waals surface area contributed by atoms with Gasteiger partial charge < -0.3 is 14.0 Å². The third kappa shape index (κ3) is 3.49. The van der Waals surface area contributed by atoms with Gasteiger partial charge in [0.15, 0.2) is 0 Å². The van der Waals surface area contributed by atoms with E-state index in [1.54, 1.807) is 17.1 Å². The van der Waals surface area contributed by atoms with Crippen LogP contribution in [0, 0.1) is 19.8 Å². The van der Waals surface area contributed by atoms with E-state index in [2.05, 4.69) is 10.1 Å². The highest BCUT2D eigenvalue weighted by Crippen LogP contribution is 2.27. The number of hydrogen-bond acceptors (Lipinski definition) is 5. The predicted molar refractivity (Wildman–Crippen MR) is 100 cm³/mol. The van der Waals surface area contributed by atoms with E-state index in [4.69, 9.17) is 9.51 Å². The molecule has 0 N–H and O–H groups in total. The average molecular weight is 365 g/mol. The van der Waals surface area contributed by atoms with E-state index in [1.807, 2.05) is 44.0 Å². The summed E-state index contributed by atoms with van der Waals surface area (Å²) in [7, 11) is 1.87. The second-order valence-corrected chi connectivity index (χ2v) is 7.25. The fourth-order valence-electron chi connectivity index (χ4n) is 3.75. The van der Waals surface area contributed by atoms with E-state index < -0.39 is 0 Å². The van der Waals surface area contributed by atoms with Crippen molar-refractivity contribution < 1.29 is 9.32 Å². The minimum absolute atomic E-state index is 0.00975. The smallest absolute Gasteiger partial charge is 0.274 e. The summed E-state index contributed by atoms with van der Waals surface area (Å²) in [4.78, 5) is 23.4. The summed E-state index contributed by atoms with van der Waals surface area (Å²) in [5.74, 6) is 1.20. The Morgan fingerprint density at radius 1 is 1.33 bits per heavy atom. The number of imidazole rings is 1. The zero-order valence-electron chi connectivity index (χ0n) is 15.8. The summed E-state index contributed by atoms with van der Waals surface area (Å²) in [5, 5.41) is 4.02. The van der Waals surface area contributed by atoms with Gasteiger partial charge in [-0.3, -0.25) is 9.78 Å². The number of likely N-dealkylation sites (tertiary alicyclic amines) is 1. The van der Waals surface area contributed by atoms with Crippen molar-refractivity contribution in [2.75, 3.05) is 13.1 Å². The SMILES string of the molecule is Cc1noc(C)c1-c1cccc(C[C@H]2CCN(C(=O)c3cn(C)cn3)C2)n1. The summed E-state index contributed by atoms with van der Waals surface area (Å²) >= 11 is 0. The maximum absolute atomic E-state index is 12.6. The third-order valence-corrected chi connectivity index (χ3v) is 5.09. The van der Waals surface area contributed by atoms with Gasteiger partial charge in [0, 0.05) is 32.0 Å². The molecule has 0 radical (unpaired) electrons. The Labute approximate surface area is 158 Å². The highest BCUT2D eigenvalue weighted by atomic mass is 16.5. The van der Waals surface area contributed by atoms with E-state index in [9.17, 15) is 4.79 Å². The lowest BCUT2D eigenvalue weighted by atomic mass is 10.0. The molecule has 4 heterocycles. The summed E-state index contributed by atoms with van der Waals surface area (Å²) in [6, 6.07) is 6.06. The Kier molecular flexibility index (Phi) is 4.51. The molecule has 0 aliphatic carbocycles. The van der Waals surface area contributed by atoms with Crippen LogP contribution in [0.3, 0.4) is 0 Å². The number of nitrogens with zero attached hydrogens (tertiary/aromatic N) is 5. The Morgan fingerprint density at radius 2 is 2.19 bits per heavy atom. The molecular formula is C20H23N5O2. The Hall–Kier alpha value is -2.96. The number of aryl methyl sites for hydroxylation is 3. The quantitative estimate of drug-likeness (QED) is 0.710. The van der Waals surface area contributed by atoms with E-state index >= 15 is 0 Å². The second kappa shape index (κ2) is 6.98. The van der Waals surface area contributed by atoms with Crippen molar-refractivity contribution in [1.29, 1.82) is 0 Å². The number of carbonyl (C=O) groups is 1. The first-order valence-corrected chi connectivity index (χ1v) is 9.17. The molecule has 7 heteroatoms. The maximum atomic E-state index is 12.6. The summed E-state index contributed by atoms with van der Waals surface area (Å²) in [6.45, 7) is 5.34. The van der Waals surface area contributed by atoms with Crippen LogP contribution in [-0.2, 0) is 13.5 Å². The molecule has 0 aromatic carbocycles. The lowest BCUT2D eigenvalue weighted by Crippen LogP contribution is -2.29. The van der Waals surface area contributed by atoms with Gasteiger partial charge in [-0.15, -0.1) is 0 Å². The lowest BCUT2D eigenvalue weighted by molar-refractivity contribution is 0.0781. The predicted octanol–water partition coefficient (Wildman–Crippen LogP) is 2.79. The average Bonchev–Trinajstić information content (AvgIpc) is 3.36. The molecule has 0 bridgehead atoms. The number of hydrogen-bond donors (Lipinski definition) is 0. The van der Waals surface area contributed by atoms with Gasteiger partial charge in [0.2, 0.25) is 0 Å². The normalized spacial score (nSPS) is 16.9. The second-order valence-electron chi connectivity index (χ2n) is 7.25. The molecule has 3 aromatic rings. The number of aromatic nitrogens is 4. The zero-order valence-corrected chi connectivity index (χ0v) is 15.8. The molecular weight excluding hydrogens is 342 g/mol. The highest BCUT2D eigenvalue weighted by Gasteiger charge is 2.28. The minimum atomic E-state index is 0.00975. The number of pyridine rings is 1. The van der Waals surface area contributed by atoms with Crippen molar-refractivity contribution >= 4 is 5.91 Å². The molecule has 1 aliphatic rings. The largest absolute Gasteiger partial charge is 0.361 e. The molecule has 0 spiro atoms. The number of rotatable bonds is 4. The Balaban J connectivity index is 1.45. The van der Waals surface area contributed by atoms with Crippen LogP contribution in [-0.4, -0.2) is 43.6 Å². The standard InChI is InChI=1S/C20H23N5O2/c1-13-19(14(2)27-23-13)17-6-4-5-16(22-17)9-15-7-8-25(10-15)20(26)18-11-24(3)12-21-18/h4-6,11-12,15H,7-10H2,1-3H3/t15-/m1/s1. The van der Waals surface area contributed by atoms with Crippen LogP contribution in [0.2, 0.25) is 0 Å². The monoisotopic (exact) mass is 365 g/mol. The molecule has 0 saturated carbocycles. The van der Waals surface area contributed by atoms with Crippen LogP contribution in [0.25, 0.3) is 11.3 Å². The first kappa shape index (κ1) is 17.5. The van der Waals surface area contributed by atoms with Crippen LogP contribution >= 0.6 is 0 Å². The number of amides is 1. The van der Waals surface area contributed by atoms with Crippen molar-refractivity contribution in [2.45, 2.75) is 26.7 Å². The van der Waals surface area contributed by atoms with Crippen molar-refractivity contribution in [1.82, 2.24) is 24.6 Å². The molecule has 1 saturated heterocycles. The summed E-state index contributed by atoms with van der Waals surface area (Å²) in [6.07, 6.45) is 5.26. The van der Waals surface area contributed by atoms with Crippen molar-refractivity contribution in [3.05, 3.63) is 53.6 Å². The molecule has 27 heavy (non-hydrogen) atoms. The van der Waals surface area contributed by atoms with Gasteiger partial charge in [-0.2, -0.15) is 0 Å². The molecule has 3 aromatic heterocycles. The van der Waals surface area contributed by atoms with Gasteiger partial charge in [-0.25, -0.2) is 4.98 Å². The maximum Gasteiger partial charge on any atom is 0.274 e. The lowest BCUT2D eigenvalue weighted by Gasteiger charge is -2.15.